The lowest BCUT2D eigenvalue weighted by Crippen LogP contribution is -2.35. The van der Waals surface area contributed by atoms with Gasteiger partial charge in [-0.05, 0) is 39.7 Å². The van der Waals surface area contributed by atoms with Gasteiger partial charge < -0.3 is 9.47 Å². The second kappa shape index (κ2) is 4.17. The number of fused-ring (bicyclic) bond motifs is 1. The van der Waals surface area contributed by atoms with Crippen LogP contribution in [0.4, 0.5) is 0 Å². The van der Waals surface area contributed by atoms with Crippen LogP contribution in [0.15, 0.2) is 12.2 Å². The van der Waals surface area contributed by atoms with Crippen molar-refractivity contribution in [1.29, 1.82) is 0 Å². The molecule has 0 N–H and O–H groups in total. The molecule has 1 fully saturated rings. The first-order chi connectivity index (χ1) is 7.88. The van der Waals surface area contributed by atoms with Crippen molar-refractivity contribution in [2.24, 2.45) is 11.8 Å². The summed E-state index contributed by atoms with van der Waals surface area (Å²) in [6.07, 6.45) is 5.31. The largest absolute Gasteiger partial charge is 0.459 e. The fraction of sp³-hybridized carbons (Fsp3) is 0.692. The van der Waals surface area contributed by atoms with Crippen LogP contribution in [-0.2, 0) is 19.1 Å². The van der Waals surface area contributed by atoms with E-state index in [1.54, 1.807) is 20.8 Å². The molecule has 94 valence electrons. The lowest BCUT2D eigenvalue weighted by molar-refractivity contribution is -0.165. The molecule has 4 nitrogen and oxygen atoms in total. The molecular weight excluding hydrogens is 220 g/mol. The highest BCUT2D eigenvalue weighted by molar-refractivity contribution is 5.97. The minimum atomic E-state index is -0.746. The van der Waals surface area contributed by atoms with Crippen LogP contribution in [0.1, 0.15) is 33.6 Å². The number of esters is 2. The minimum absolute atomic E-state index is 0.0534. The smallest absolute Gasteiger partial charge is 0.321 e. The highest BCUT2D eigenvalue weighted by Crippen LogP contribution is 2.37. The van der Waals surface area contributed by atoms with E-state index >= 15 is 0 Å². The summed E-state index contributed by atoms with van der Waals surface area (Å²) in [5.41, 5.74) is -0.569. The first-order valence-corrected chi connectivity index (χ1v) is 5.98. The third kappa shape index (κ3) is 2.51. The lowest BCUT2D eigenvalue weighted by atomic mass is 9.83. The third-order valence-corrected chi connectivity index (χ3v) is 3.01. The van der Waals surface area contributed by atoms with E-state index in [0.717, 1.165) is 12.8 Å². The highest BCUT2D eigenvalue weighted by Gasteiger charge is 2.49. The van der Waals surface area contributed by atoms with Gasteiger partial charge in [0.2, 0.25) is 0 Å². The molecule has 17 heavy (non-hydrogen) atoms. The maximum Gasteiger partial charge on any atom is 0.321 e. The van der Waals surface area contributed by atoms with Crippen LogP contribution in [0.5, 0.6) is 0 Å². The number of carbonyl (C=O) groups excluding carboxylic acids is 2. The van der Waals surface area contributed by atoms with Gasteiger partial charge in [0, 0.05) is 5.92 Å². The number of hydrogen-bond acceptors (Lipinski definition) is 4. The molecule has 1 heterocycles. The van der Waals surface area contributed by atoms with E-state index in [1.165, 1.54) is 0 Å². The quantitative estimate of drug-likeness (QED) is 0.397. The zero-order valence-electron chi connectivity index (χ0n) is 10.4. The van der Waals surface area contributed by atoms with Crippen molar-refractivity contribution in [2.75, 3.05) is 0 Å². The SMILES string of the molecule is CC(C)(C)OC(=O)C1C(=O)O[C@@H]2C=CCC[C@H]12. The summed E-state index contributed by atoms with van der Waals surface area (Å²) in [6, 6.07) is 0. The molecule has 1 aliphatic carbocycles. The standard InChI is InChI=1S/C13H18O4/c1-13(2,3)17-12(15)10-8-6-4-5-7-9(8)16-11(10)14/h5,7-10H,4,6H2,1-3H3/t8-,9+,10?/m0/s1. The van der Waals surface area contributed by atoms with Crippen LogP contribution < -0.4 is 0 Å². The Hall–Kier alpha value is -1.32. The molecule has 1 saturated heterocycles. The van der Waals surface area contributed by atoms with Crippen molar-refractivity contribution in [1.82, 2.24) is 0 Å². The van der Waals surface area contributed by atoms with Gasteiger partial charge in [0.1, 0.15) is 11.7 Å². The van der Waals surface area contributed by atoms with Crippen LogP contribution >= 0.6 is 0 Å². The molecule has 0 aromatic heterocycles. The average Bonchev–Trinajstić information content (AvgIpc) is 2.50. The van der Waals surface area contributed by atoms with Gasteiger partial charge >= 0.3 is 11.9 Å². The summed E-state index contributed by atoms with van der Waals surface area (Å²) < 4.78 is 10.5. The maximum absolute atomic E-state index is 12.0. The Kier molecular flexibility index (Phi) is 2.98. The minimum Gasteiger partial charge on any atom is -0.459 e. The van der Waals surface area contributed by atoms with Gasteiger partial charge in [-0.15, -0.1) is 0 Å². The van der Waals surface area contributed by atoms with E-state index in [4.69, 9.17) is 9.47 Å². The number of allylic oxidation sites excluding steroid dienone is 1. The van der Waals surface area contributed by atoms with Crippen molar-refractivity contribution in [2.45, 2.75) is 45.3 Å². The van der Waals surface area contributed by atoms with Crippen LogP contribution in [-0.4, -0.2) is 23.6 Å². The number of carbonyl (C=O) groups is 2. The Bertz CT molecular complexity index is 364. The molecule has 0 amide bonds. The lowest BCUT2D eigenvalue weighted by Gasteiger charge is -2.24. The average molecular weight is 238 g/mol. The molecule has 0 aromatic rings. The maximum atomic E-state index is 12.0. The monoisotopic (exact) mass is 238 g/mol. The molecule has 3 atom stereocenters. The molecular formula is C13H18O4. The van der Waals surface area contributed by atoms with E-state index in [9.17, 15) is 9.59 Å². The number of hydrogen-bond donors (Lipinski definition) is 0. The summed E-state index contributed by atoms with van der Waals surface area (Å²) in [5, 5.41) is 0. The zero-order valence-corrected chi connectivity index (χ0v) is 10.4. The predicted octanol–water partition coefficient (Wildman–Crippen LogP) is 1.84. The van der Waals surface area contributed by atoms with Gasteiger partial charge in [-0.1, -0.05) is 6.08 Å². The summed E-state index contributed by atoms with van der Waals surface area (Å²) in [4.78, 5) is 23.7. The Morgan fingerprint density at radius 3 is 2.82 bits per heavy atom. The Labute approximate surface area is 101 Å². The summed E-state index contributed by atoms with van der Waals surface area (Å²) in [5.74, 6) is -1.70. The zero-order chi connectivity index (χ0) is 12.6. The van der Waals surface area contributed by atoms with Crippen LogP contribution in [0, 0.1) is 11.8 Å². The molecule has 0 radical (unpaired) electrons. The van der Waals surface area contributed by atoms with Crippen molar-refractivity contribution in [3.63, 3.8) is 0 Å². The fourth-order valence-electron chi connectivity index (χ4n) is 2.33. The van der Waals surface area contributed by atoms with Gasteiger partial charge in [0.15, 0.2) is 5.92 Å². The Morgan fingerprint density at radius 2 is 2.18 bits per heavy atom. The van der Waals surface area contributed by atoms with Crippen molar-refractivity contribution in [3.05, 3.63) is 12.2 Å². The molecule has 2 rings (SSSR count). The van der Waals surface area contributed by atoms with E-state index < -0.39 is 23.5 Å². The van der Waals surface area contributed by atoms with Crippen LogP contribution in [0.2, 0.25) is 0 Å². The van der Waals surface area contributed by atoms with Crippen LogP contribution in [0.25, 0.3) is 0 Å². The molecule has 0 spiro atoms. The second-order valence-corrected chi connectivity index (χ2v) is 5.58. The van der Waals surface area contributed by atoms with Gasteiger partial charge in [-0.25, -0.2) is 0 Å². The fourth-order valence-corrected chi connectivity index (χ4v) is 2.33. The van der Waals surface area contributed by atoms with Gasteiger partial charge in [0.25, 0.3) is 0 Å². The van der Waals surface area contributed by atoms with E-state index in [1.807, 2.05) is 12.2 Å². The molecule has 4 heteroatoms. The normalized spacial score (nSPS) is 31.9. The van der Waals surface area contributed by atoms with Crippen molar-refractivity contribution >= 4 is 11.9 Å². The number of rotatable bonds is 1. The van der Waals surface area contributed by atoms with E-state index in [-0.39, 0.29) is 12.0 Å². The second-order valence-electron chi connectivity index (χ2n) is 5.58. The van der Waals surface area contributed by atoms with Crippen molar-refractivity contribution in [3.8, 4) is 0 Å². The van der Waals surface area contributed by atoms with E-state index in [2.05, 4.69) is 0 Å². The first-order valence-electron chi connectivity index (χ1n) is 5.98. The highest BCUT2D eigenvalue weighted by atomic mass is 16.6. The summed E-state index contributed by atoms with van der Waals surface area (Å²) >= 11 is 0. The molecule has 0 bridgehead atoms. The first kappa shape index (κ1) is 12.1. The molecule has 1 aliphatic heterocycles. The summed E-state index contributed by atoms with van der Waals surface area (Å²) in [7, 11) is 0. The topological polar surface area (TPSA) is 52.6 Å². The molecule has 2 aliphatic rings. The van der Waals surface area contributed by atoms with Crippen molar-refractivity contribution < 1.29 is 19.1 Å². The van der Waals surface area contributed by atoms with Crippen LogP contribution in [0.3, 0.4) is 0 Å². The Balaban J connectivity index is 2.12. The van der Waals surface area contributed by atoms with Gasteiger partial charge in [-0.2, -0.15) is 0 Å². The molecule has 0 saturated carbocycles. The molecule has 0 aromatic carbocycles. The third-order valence-electron chi connectivity index (χ3n) is 3.01. The van der Waals surface area contributed by atoms with Gasteiger partial charge in [-0.3, -0.25) is 9.59 Å². The predicted molar refractivity (Wildman–Crippen MR) is 61.1 cm³/mol. The van der Waals surface area contributed by atoms with Gasteiger partial charge in [0.05, 0.1) is 0 Å². The van der Waals surface area contributed by atoms with E-state index in [0.29, 0.717) is 0 Å². The number of ether oxygens (including phenoxy) is 2. The molecule has 1 unspecified atom stereocenters. The Morgan fingerprint density at radius 1 is 1.47 bits per heavy atom. The summed E-state index contributed by atoms with van der Waals surface area (Å²) in [6.45, 7) is 5.39.